The van der Waals surface area contributed by atoms with Crippen LogP contribution in [0.4, 0.5) is 0 Å². The molecule has 0 saturated heterocycles. The van der Waals surface area contributed by atoms with Crippen LogP contribution in [0.3, 0.4) is 0 Å². The van der Waals surface area contributed by atoms with Crippen LogP contribution in [0.2, 0.25) is 0 Å². The number of aromatic nitrogens is 1. The van der Waals surface area contributed by atoms with Crippen LogP contribution in [-0.4, -0.2) is 29.2 Å². The van der Waals surface area contributed by atoms with Gasteiger partial charge in [0, 0.05) is 12.5 Å². The molecular formula is C29H26N2O6S. The van der Waals surface area contributed by atoms with Crippen molar-refractivity contribution in [1.82, 2.24) is 4.57 Å². The summed E-state index contributed by atoms with van der Waals surface area (Å²) in [7, 11) is 0. The van der Waals surface area contributed by atoms with Gasteiger partial charge in [-0.1, -0.05) is 41.7 Å². The molecule has 0 saturated carbocycles. The highest BCUT2D eigenvalue weighted by Crippen LogP contribution is 2.32. The minimum atomic E-state index is -0.756. The lowest BCUT2D eigenvalue weighted by Gasteiger charge is -2.24. The number of hydrogen-bond acceptors (Lipinski definition) is 8. The van der Waals surface area contributed by atoms with Crippen molar-refractivity contribution in [2.24, 2.45) is 4.99 Å². The maximum atomic E-state index is 13.8. The van der Waals surface area contributed by atoms with Crippen molar-refractivity contribution < 1.29 is 23.8 Å². The van der Waals surface area contributed by atoms with Crippen LogP contribution in [-0.2, 0) is 14.3 Å². The molecule has 194 valence electrons. The van der Waals surface area contributed by atoms with Gasteiger partial charge in [0.2, 0.25) is 0 Å². The van der Waals surface area contributed by atoms with Crippen molar-refractivity contribution in [3.63, 3.8) is 0 Å². The number of esters is 2. The molecule has 0 radical (unpaired) electrons. The zero-order chi connectivity index (χ0) is 27.0. The lowest BCUT2D eigenvalue weighted by Crippen LogP contribution is -2.40. The van der Waals surface area contributed by atoms with Gasteiger partial charge in [-0.2, -0.15) is 0 Å². The smallest absolute Gasteiger partial charge is 0.338 e. The summed E-state index contributed by atoms with van der Waals surface area (Å²) in [5, 5.41) is 0. The Bertz CT molecular complexity index is 1680. The van der Waals surface area contributed by atoms with Gasteiger partial charge in [-0.3, -0.25) is 14.2 Å². The number of allylic oxidation sites excluding steroid dienone is 1. The van der Waals surface area contributed by atoms with E-state index in [2.05, 4.69) is 4.99 Å². The Balaban J connectivity index is 1.66. The number of para-hydroxylation sites is 1. The molecule has 38 heavy (non-hydrogen) atoms. The number of fused-ring (bicyclic) bond motifs is 2. The molecule has 2 aliphatic rings. The quantitative estimate of drug-likeness (QED) is 0.370. The van der Waals surface area contributed by atoms with Gasteiger partial charge in [0.25, 0.3) is 5.56 Å². The average Bonchev–Trinajstić information content (AvgIpc) is 3.18. The Kier molecular flexibility index (Phi) is 6.86. The van der Waals surface area contributed by atoms with Gasteiger partial charge in [0.1, 0.15) is 17.6 Å². The van der Waals surface area contributed by atoms with E-state index < -0.39 is 18.0 Å². The summed E-state index contributed by atoms with van der Waals surface area (Å²) >= 11 is 1.26. The highest BCUT2D eigenvalue weighted by Gasteiger charge is 2.33. The third kappa shape index (κ3) is 4.72. The van der Waals surface area contributed by atoms with Crippen LogP contribution < -0.4 is 24.4 Å². The molecule has 0 amide bonds. The Morgan fingerprint density at radius 1 is 1.16 bits per heavy atom. The third-order valence-electron chi connectivity index (χ3n) is 6.29. The van der Waals surface area contributed by atoms with E-state index in [-0.39, 0.29) is 23.8 Å². The summed E-state index contributed by atoms with van der Waals surface area (Å²) in [6, 6.07) is 13.7. The lowest BCUT2D eigenvalue weighted by molar-refractivity contribution is -0.139. The number of benzene rings is 2. The molecule has 5 rings (SSSR count). The molecule has 0 spiro atoms. The number of carbonyl (C=O) groups excluding carboxylic acids is 2. The fourth-order valence-corrected chi connectivity index (χ4v) is 5.61. The van der Waals surface area contributed by atoms with Crippen LogP contribution in [0.1, 0.15) is 44.9 Å². The number of carbonyl (C=O) groups is 2. The van der Waals surface area contributed by atoms with Crippen LogP contribution in [0.15, 0.2) is 75.2 Å². The van der Waals surface area contributed by atoms with Gasteiger partial charge in [-0.05, 0) is 62.3 Å². The molecule has 8 nitrogen and oxygen atoms in total. The molecule has 2 aromatic carbocycles. The molecule has 2 atom stereocenters. The normalized spacial score (nSPS) is 18.5. The molecule has 9 heteroatoms. The Labute approximate surface area is 222 Å². The Hall–Kier alpha value is -4.24. The standard InChI is InChI=1S/C29H26N2O6S/c1-5-35-28(34)25-16(2)30-29-31(26(25)19-10-12-22(13-11-19)37-18(4)32)27(33)24(38-29)15-21-14-20-8-6-7-9-23(20)36-17(21)3/h6-15,17,26H,5H2,1-4H3/b24-15-. The zero-order valence-corrected chi connectivity index (χ0v) is 22.2. The number of rotatable bonds is 5. The van der Waals surface area contributed by atoms with Gasteiger partial charge in [0.05, 0.1) is 28.5 Å². The first-order valence-corrected chi connectivity index (χ1v) is 13.0. The summed E-state index contributed by atoms with van der Waals surface area (Å²) in [5.74, 6) is 0.188. The third-order valence-corrected chi connectivity index (χ3v) is 7.27. The predicted molar refractivity (Wildman–Crippen MR) is 144 cm³/mol. The van der Waals surface area contributed by atoms with E-state index in [1.165, 1.54) is 22.8 Å². The molecule has 3 aromatic rings. The van der Waals surface area contributed by atoms with Crippen LogP contribution >= 0.6 is 11.3 Å². The van der Waals surface area contributed by atoms with E-state index in [1.54, 1.807) is 38.1 Å². The van der Waals surface area contributed by atoms with Gasteiger partial charge < -0.3 is 14.2 Å². The number of ether oxygens (including phenoxy) is 3. The van der Waals surface area contributed by atoms with Crippen molar-refractivity contribution in [2.45, 2.75) is 39.8 Å². The second-order valence-corrected chi connectivity index (χ2v) is 9.92. The fraction of sp³-hybridized carbons (Fsp3) is 0.241. The largest absolute Gasteiger partial charge is 0.485 e. The predicted octanol–water partition coefficient (Wildman–Crippen LogP) is 3.54. The van der Waals surface area contributed by atoms with Gasteiger partial charge in [-0.15, -0.1) is 0 Å². The Morgan fingerprint density at radius 2 is 1.89 bits per heavy atom. The first kappa shape index (κ1) is 25.4. The van der Waals surface area contributed by atoms with Crippen molar-refractivity contribution in [3.05, 3.63) is 96.2 Å². The minimum Gasteiger partial charge on any atom is -0.485 e. The van der Waals surface area contributed by atoms with E-state index in [1.807, 2.05) is 43.3 Å². The van der Waals surface area contributed by atoms with E-state index in [0.29, 0.717) is 26.3 Å². The molecule has 1 aromatic heterocycles. The molecular weight excluding hydrogens is 504 g/mol. The maximum Gasteiger partial charge on any atom is 0.338 e. The van der Waals surface area contributed by atoms with E-state index in [9.17, 15) is 14.4 Å². The van der Waals surface area contributed by atoms with Crippen molar-refractivity contribution in [1.29, 1.82) is 0 Å². The molecule has 3 heterocycles. The molecule has 0 aliphatic carbocycles. The topological polar surface area (TPSA) is 96.2 Å². The average molecular weight is 531 g/mol. The highest BCUT2D eigenvalue weighted by atomic mass is 32.1. The van der Waals surface area contributed by atoms with Gasteiger partial charge in [0.15, 0.2) is 4.80 Å². The molecule has 0 fully saturated rings. The first-order valence-electron chi connectivity index (χ1n) is 12.2. The number of nitrogens with zero attached hydrogens (tertiary/aromatic N) is 2. The maximum absolute atomic E-state index is 13.8. The molecule has 2 aliphatic heterocycles. The van der Waals surface area contributed by atoms with Crippen molar-refractivity contribution >= 4 is 35.4 Å². The highest BCUT2D eigenvalue weighted by molar-refractivity contribution is 7.07. The van der Waals surface area contributed by atoms with Crippen molar-refractivity contribution in [2.75, 3.05) is 6.61 Å². The molecule has 2 unspecified atom stereocenters. The van der Waals surface area contributed by atoms with Crippen LogP contribution in [0.5, 0.6) is 11.5 Å². The summed E-state index contributed by atoms with van der Waals surface area (Å²) < 4.78 is 18.5. The summed E-state index contributed by atoms with van der Waals surface area (Å²) in [4.78, 5) is 43.3. The summed E-state index contributed by atoms with van der Waals surface area (Å²) in [6.07, 6.45) is 3.60. The van der Waals surface area contributed by atoms with Crippen molar-refractivity contribution in [3.8, 4) is 11.5 Å². The SMILES string of the molecule is CCOC(=O)C1=C(C)N=c2s/c(=C\C3=Cc4ccccc4OC3C)c(=O)n2C1c1ccc(OC(C)=O)cc1. The Morgan fingerprint density at radius 3 is 2.61 bits per heavy atom. The fourth-order valence-electron chi connectivity index (χ4n) is 4.56. The number of thiazole rings is 1. The second-order valence-electron chi connectivity index (χ2n) is 8.91. The first-order chi connectivity index (χ1) is 18.3. The van der Waals surface area contributed by atoms with E-state index in [0.717, 1.165) is 16.9 Å². The summed E-state index contributed by atoms with van der Waals surface area (Å²) in [5.41, 5.74) is 2.95. The summed E-state index contributed by atoms with van der Waals surface area (Å²) in [6.45, 7) is 6.91. The van der Waals surface area contributed by atoms with Gasteiger partial charge >= 0.3 is 11.9 Å². The molecule has 0 bridgehead atoms. The lowest BCUT2D eigenvalue weighted by atomic mass is 9.96. The minimum absolute atomic E-state index is 0.186. The molecule has 0 N–H and O–H groups in total. The van der Waals surface area contributed by atoms with E-state index in [4.69, 9.17) is 14.2 Å². The zero-order valence-electron chi connectivity index (χ0n) is 21.4. The van der Waals surface area contributed by atoms with Crippen LogP contribution in [0.25, 0.3) is 12.2 Å². The van der Waals surface area contributed by atoms with Crippen LogP contribution in [0, 0.1) is 0 Å². The second kappa shape index (κ2) is 10.3. The van der Waals surface area contributed by atoms with E-state index >= 15 is 0 Å². The monoisotopic (exact) mass is 530 g/mol. The van der Waals surface area contributed by atoms with Gasteiger partial charge in [-0.25, -0.2) is 9.79 Å². The number of hydrogen-bond donors (Lipinski definition) is 0.